The molecule has 0 fully saturated rings. The summed E-state index contributed by atoms with van der Waals surface area (Å²) in [6.45, 7) is 0. The van der Waals surface area contributed by atoms with Gasteiger partial charge in [0.15, 0.2) is 11.6 Å². The lowest BCUT2D eigenvalue weighted by Gasteiger charge is -2.06. The molecule has 0 radical (unpaired) electrons. The Morgan fingerprint density at radius 1 is 1.40 bits per heavy atom. The summed E-state index contributed by atoms with van der Waals surface area (Å²) >= 11 is 5.94. The minimum atomic E-state index is -1.01. The van der Waals surface area contributed by atoms with Crippen LogP contribution in [0, 0.1) is 11.6 Å². The Morgan fingerprint density at radius 2 is 2.00 bits per heavy atom. The van der Waals surface area contributed by atoms with E-state index in [2.05, 4.69) is 36.6 Å². The van der Waals surface area contributed by atoms with Crippen LogP contribution < -0.4 is 0 Å². The molecule has 6 heteroatoms. The predicted molar refractivity (Wildman–Crippen MR) is 57.5 cm³/mol. The second kappa shape index (κ2) is 5.03. The van der Waals surface area contributed by atoms with Crippen molar-refractivity contribution in [3.05, 3.63) is 32.2 Å². The van der Waals surface area contributed by atoms with Crippen molar-refractivity contribution in [2.24, 2.45) is 0 Å². The molecule has 0 aliphatic heterocycles. The summed E-state index contributed by atoms with van der Waals surface area (Å²) in [7, 11) is 1.23. The average molecular weight is 344 g/mol. The van der Waals surface area contributed by atoms with Crippen LogP contribution in [0.3, 0.4) is 0 Å². The van der Waals surface area contributed by atoms with Crippen LogP contribution >= 0.6 is 31.9 Å². The molecule has 1 aromatic carbocycles. The van der Waals surface area contributed by atoms with E-state index in [0.717, 1.165) is 6.07 Å². The van der Waals surface area contributed by atoms with E-state index in [0.29, 0.717) is 10.0 Å². The van der Waals surface area contributed by atoms with E-state index in [1.165, 1.54) is 7.11 Å². The van der Waals surface area contributed by atoms with Gasteiger partial charge in [-0.25, -0.2) is 8.78 Å². The Hall–Kier alpha value is -0.490. The topological polar surface area (TPSA) is 26.3 Å². The second-order valence-corrected chi connectivity index (χ2v) is 4.30. The summed E-state index contributed by atoms with van der Waals surface area (Å²) in [5.74, 6) is -2.52. The summed E-state index contributed by atoms with van der Waals surface area (Å²) in [5.41, 5.74) is 0.327. The fraction of sp³-hybridized carbons (Fsp3) is 0.222. The molecule has 0 saturated heterocycles. The van der Waals surface area contributed by atoms with Crippen molar-refractivity contribution >= 4 is 37.8 Å². The van der Waals surface area contributed by atoms with Crippen LogP contribution in [0.2, 0.25) is 0 Å². The normalized spacial score (nSPS) is 10.2. The van der Waals surface area contributed by atoms with E-state index < -0.39 is 17.6 Å². The van der Waals surface area contributed by atoms with Crippen molar-refractivity contribution in [3.8, 4) is 0 Å². The number of esters is 1. The van der Waals surface area contributed by atoms with Crippen molar-refractivity contribution < 1.29 is 18.3 Å². The summed E-state index contributed by atoms with van der Waals surface area (Å²) in [5, 5.41) is 0. The molecule has 0 atom stereocenters. The first-order chi connectivity index (χ1) is 6.97. The number of halogens is 4. The standard InChI is InChI=1S/C9H6Br2F2O2/c1-15-6(14)3-4-2-5(12)9(13)8(11)7(4)10/h2H,3H2,1H3. The third-order valence-corrected chi connectivity index (χ3v) is 3.92. The van der Waals surface area contributed by atoms with Gasteiger partial charge < -0.3 is 4.74 Å². The third kappa shape index (κ3) is 2.75. The van der Waals surface area contributed by atoms with Crippen LogP contribution in [0.4, 0.5) is 8.78 Å². The van der Waals surface area contributed by atoms with Crippen molar-refractivity contribution in [1.29, 1.82) is 0 Å². The lowest BCUT2D eigenvalue weighted by atomic mass is 10.1. The van der Waals surface area contributed by atoms with Gasteiger partial charge in [-0.15, -0.1) is 0 Å². The SMILES string of the molecule is COC(=O)Cc1cc(F)c(F)c(Br)c1Br. The Bertz CT molecular complexity index is 408. The smallest absolute Gasteiger partial charge is 0.310 e. The maximum Gasteiger partial charge on any atom is 0.310 e. The number of rotatable bonds is 2. The minimum Gasteiger partial charge on any atom is -0.469 e. The maximum absolute atomic E-state index is 13.0. The second-order valence-electron chi connectivity index (χ2n) is 2.71. The summed E-state index contributed by atoms with van der Waals surface area (Å²) in [4.78, 5) is 11.0. The molecule has 15 heavy (non-hydrogen) atoms. The Balaban J connectivity index is 3.15. The Kier molecular flexibility index (Phi) is 4.21. The Labute approximate surface area is 102 Å². The van der Waals surface area contributed by atoms with E-state index in [1.807, 2.05) is 0 Å². The van der Waals surface area contributed by atoms with Gasteiger partial charge in [0.1, 0.15) is 0 Å². The fourth-order valence-electron chi connectivity index (χ4n) is 0.978. The first-order valence-electron chi connectivity index (χ1n) is 3.86. The zero-order chi connectivity index (χ0) is 11.6. The molecule has 0 aromatic heterocycles. The molecule has 1 rings (SSSR count). The van der Waals surface area contributed by atoms with Gasteiger partial charge >= 0.3 is 5.97 Å². The van der Waals surface area contributed by atoms with Gasteiger partial charge in [-0.05, 0) is 43.5 Å². The number of carbonyl (C=O) groups excluding carboxylic acids is 1. The highest BCUT2D eigenvalue weighted by Crippen LogP contribution is 2.31. The number of carbonyl (C=O) groups is 1. The van der Waals surface area contributed by atoms with Gasteiger partial charge in [0.2, 0.25) is 0 Å². The van der Waals surface area contributed by atoms with Crippen molar-refractivity contribution in [2.45, 2.75) is 6.42 Å². The zero-order valence-electron chi connectivity index (χ0n) is 7.61. The molecule has 0 spiro atoms. The highest BCUT2D eigenvalue weighted by Gasteiger charge is 2.16. The predicted octanol–water partition coefficient (Wildman–Crippen LogP) is 3.21. The van der Waals surface area contributed by atoms with Crippen LogP contribution in [0.15, 0.2) is 15.0 Å². The Morgan fingerprint density at radius 3 is 2.53 bits per heavy atom. The lowest BCUT2D eigenvalue weighted by Crippen LogP contribution is -2.06. The number of benzene rings is 1. The van der Waals surface area contributed by atoms with Crippen molar-refractivity contribution in [1.82, 2.24) is 0 Å². The molecule has 0 bridgehead atoms. The number of methoxy groups -OCH3 is 1. The molecular weight excluding hydrogens is 338 g/mol. The molecule has 0 unspecified atom stereocenters. The van der Waals surface area contributed by atoms with E-state index in [1.54, 1.807) is 0 Å². The van der Waals surface area contributed by atoms with Gasteiger partial charge in [0.25, 0.3) is 0 Å². The molecule has 0 N–H and O–H groups in total. The van der Waals surface area contributed by atoms with E-state index >= 15 is 0 Å². The monoisotopic (exact) mass is 342 g/mol. The lowest BCUT2D eigenvalue weighted by molar-refractivity contribution is -0.139. The molecule has 0 aliphatic carbocycles. The molecule has 0 aliphatic rings. The third-order valence-electron chi connectivity index (χ3n) is 1.74. The highest BCUT2D eigenvalue weighted by molar-refractivity contribution is 9.13. The molecule has 0 heterocycles. The number of hydrogen-bond acceptors (Lipinski definition) is 2. The number of ether oxygens (including phenoxy) is 1. The van der Waals surface area contributed by atoms with Crippen molar-refractivity contribution in [3.63, 3.8) is 0 Å². The van der Waals surface area contributed by atoms with Crippen LogP contribution in [-0.2, 0) is 16.0 Å². The van der Waals surface area contributed by atoms with E-state index in [9.17, 15) is 13.6 Å². The van der Waals surface area contributed by atoms with Crippen LogP contribution in [0.5, 0.6) is 0 Å². The van der Waals surface area contributed by atoms with Gasteiger partial charge in [-0.3, -0.25) is 4.79 Å². The molecule has 82 valence electrons. The zero-order valence-corrected chi connectivity index (χ0v) is 10.8. The van der Waals surface area contributed by atoms with Crippen LogP contribution in [-0.4, -0.2) is 13.1 Å². The molecule has 1 aromatic rings. The summed E-state index contributed by atoms with van der Waals surface area (Å²) < 4.78 is 30.7. The van der Waals surface area contributed by atoms with Gasteiger partial charge in [-0.1, -0.05) is 0 Å². The van der Waals surface area contributed by atoms with Gasteiger partial charge in [-0.2, -0.15) is 0 Å². The van der Waals surface area contributed by atoms with E-state index in [4.69, 9.17) is 0 Å². The summed E-state index contributed by atoms with van der Waals surface area (Å²) in [6.07, 6.45) is -0.118. The summed E-state index contributed by atoms with van der Waals surface area (Å²) in [6, 6.07) is 0.959. The largest absolute Gasteiger partial charge is 0.469 e. The first kappa shape index (κ1) is 12.6. The molecular formula is C9H6Br2F2O2. The van der Waals surface area contributed by atoms with Gasteiger partial charge in [0.05, 0.1) is 18.0 Å². The van der Waals surface area contributed by atoms with Gasteiger partial charge in [0, 0.05) is 4.47 Å². The number of hydrogen-bond donors (Lipinski definition) is 0. The fourth-order valence-corrected chi connectivity index (χ4v) is 1.85. The maximum atomic E-state index is 13.0. The van der Waals surface area contributed by atoms with E-state index in [-0.39, 0.29) is 10.9 Å². The van der Waals surface area contributed by atoms with Crippen LogP contribution in [0.25, 0.3) is 0 Å². The first-order valence-corrected chi connectivity index (χ1v) is 5.44. The molecule has 2 nitrogen and oxygen atoms in total. The molecule has 0 saturated carbocycles. The quantitative estimate of drug-likeness (QED) is 0.468. The average Bonchev–Trinajstić information content (AvgIpc) is 2.22. The highest BCUT2D eigenvalue weighted by atomic mass is 79.9. The van der Waals surface area contributed by atoms with Crippen LogP contribution in [0.1, 0.15) is 5.56 Å². The minimum absolute atomic E-state index is 0.0404. The van der Waals surface area contributed by atoms with Crippen molar-refractivity contribution in [2.75, 3.05) is 7.11 Å². The molecule has 0 amide bonds.